The summed E-state index contributed by atoms with van der Waals surface area (Å²) in [6.45, 7) is 3.13. The highest BCUT2D eigenvalue weighted by Gasteiger charge is 2.47. The van der Waals surface area contributed by atoms with Gasteiger partial charge in [0.05, 0.1) is 11.8 Å². The second-order valence-corrected chi connectivity index (χ2v) is 7.03. The van der Waals surface area contributed by atoms with Crippen molar-refractivity contribution in [2.45, 2.75) is 19.4 Å². The molecule has 1 atom stereocenters. The van der Waals surface area contributed by atoms with Gasteiger partial charge in [-0.05, 0) is 46.1 Å². The van der Waals surface area contributed by atoms with Crippen LogP contribution < -0.4 is 0 Å². The lowest BCUT2D eigenvalue weighted by atomic mass is 9.99. The third-order valence-electron chi connectivity index (χ3n) is 4.68. The predicted octanol–water partition coefficient (Wildman–Crippen LogP) is 2.96. The van der Waals surface area contributed by atoms with Crippen LogP contribution >= 0.6 is 0 Å². The highest BCUT2D eigenvalue weighted by atomic mass is 16.3. The highest BCUT2D eigenvalue weighted by molar-refractivity contribution is 6.46. The Hall–Kier alpha value is -2.86. The molecule has 1 saturated heterocycles. The summed E-state index contributed by atoms with van der Waals surface area (Å²) in [6, 6.07) is 9.89. The molecule has 2 heterocycles. The van der Waals surface area contributed by atoms with Gasteiger partial charge in [-0.1, -0.05) is 29.8 Å². The molecule has 6 nitrogen and oxygen atoms in total. The highest BCUT2D eigenvalue weighted by Crippen LogP contribution is 2.39. The first-order valence-electron chi connectivity index (χ1n) is 8.93. The van der Waals surface area contributed by atoms with Crippen LogP contribution in [0.3, 0.4) is 0 Å². The molecule has 27 heavy (non-hydrogen) atoms. The van der Waals surface area contributed by atoms with Gasteiger partial charge in [0.1, 0.15) is 17.6 Å². The molecule has 0 saturated carbocycles. The van der Waals surface area contributed by atoms with E-state index in [1.165, 1.54) is 11.2 Å². The molecule has 0 aliphatic carbocycles. The van der Waals surface area contributed by atoms with E-state index in [9.17, 15) is 14.7 Å². The summed E-state index contributed by atoms with van der Waals surface area (Å²) in [5, 5.41) is 10.8. The van der Waals surface area contributed by atoms with Crippen molar-refractivity contribution in [3.63, 3.8) is 0 Å². The molecule has 1 aliphatic heterocycles. The van der Waals surface area contributed by atoms with Gasteiger partial charge in [0.2, 0.25) is 0 Å². The number of benzene rings is 1. The fraction of sp³-hybridized carbons (Fsp3) is 0.333. The molecular formula is C21H24N2O4. The van der Waals surface area contributed by atoms with E-state index in [2.05, 4.69) is 0 Å². The molecule has 1 N–H and O–H groups in total. The SMILES string of the molecule is Cc1ccc(C(O)=C2C(=O)C(=O)N(CCCN(C)C)C2c2ccco2)cc1. The van der Waals surface area contributed by atoms with Crippen molar-refractivity contribution in [1.29, 1.82) is 0 Å². The zero-order valence-corrected chi connectivity index (χ0v) is 15.8. The molecule has 0 bridgehead atoms. The Labute approximate surface area is 158 Å². The standard InChI is InChI=1S/C21H24N2O4/c1-14-7-9-15(10-8-14)19(24)17-18(16-6-4-13-27-16)23(21(26)20(17)25)12-5-11-22(2)3/h4,6-10,13,18,24H,5,11-12H2,1-3H3. The van der Waals surface area contributed by atoms with E-state index < -0.39 is 17.7 Å². The fourth-order valence-corrected chi connectivity index (χ4v) is 3.28. The fourth-order valence-electron chi connectivity index (χ4n) is 3.28. The van der Waals surface area contributed by atoms with Crippen LogP contribution in [0.25, 0.3) is 5.76 Å². The maximum Gasteiger partial charge on any atom is 0.295 e. The van der Waals surface area contributed by atoms with Crippen LogP contribution in [-0.4, -0.2) is 53.8 Å². The van der Waals surface area contributed by atoms with E-state index in [-0.39, 0.29) is 11.3 Å². The first-order valence-corrected chi connectivity index (χ1v) is 8.93. The average molecular weight is 368 g/mol. The number of furan rings is 1. The van der Waals surface area contributed by atoms with Gasteiger partial charge < -0.3 is 19.3 Å². The zero-order chi connectivity index (χ0) is 19.6. The minimum atomic E-state index is -0.719. The topological polar surface area (TPSA) is 74.0 Å². The second kappa shape index (κ2) is 7.80. The molecule has 0 spiro atoms. The lowest BCUT2D eigenvalue weighted by molar-refractivity contribution is -0.140. The average Bonchev–Trinajstić information content (AvgIpc) is 3.24. The van der Waals surface area contributed by atoms with Crippen LogP contribution in [0.4, 0.5) is 0 Å². The second-order valence-electron chi connectivity index (χ2n) is 7.03. The van der Waals surface area contributed by atoms with Crippen molar-refractivity contribution in [3.8, 4) is 0 Å². The molecule has 3 rings (SSSR count). The number of ketones is 1. The third-order valence-corrected chi connectivity index (χ3v) is 4.68. The molecule has 2 aromatic rings. The molecule has 1 aromatic heterocycles. The van der Waals surface area contributed by atoms with Gasteiger partial charge in [-0.25, -0.2) is 0 Å². The van der Waals surface area contributed by atoms with Crippen LogP contribution in [0.15, 0.2) is 52.7 Å². The van der Waals surface area contributed by atoms with Gasteiger partial charge >= 0.3 is 0 Å². The van der Waals surface area contributed by atoms with E-state index >= 15 is 0 Å². The Bertz CT molecular complexity index is 851. The van der Waals surface area contributed by atoms with Crippen molar-refractivity contribution in [3.05, 3.63) is 65.1 Å². The largest absolute Gasteiger partial charge is 0.507 e. The first-order chi connectivity index (χ1) is 12.9. The number of hydrogen-bond donors (Lipinski definition) is 1. The monoisotopic (exact) mass is 368 g/mol. The summed E-state index contributed by atoms with van der Waals surface area (Å²) in [5.74, 6) is -0.999. The third kappa shape index (κ3) is 3.80. The molecule has 6 heteroatoms. The zero-order valence-electron chi connectivity index (χ0n) is 15.8. The van der Waals surface area contributed by atoms with Crippen LogP contribution in [-0.2, 0) is 9.59 Å². The Morgan fingerprint density at radius 1 is 1.19 bits per heavy atom. The number of aliphatic hydroxyl groups is 1. The molecular weight excluding hydrogens is 344 g/mol. The maximum atomic E-state index is 12.7. The van der Waals surface area contributed by atoms with Crippen molar-refractivity contribution >= 4 is 17.4 Å². The van der Waals surface area contributed by atoms with Crippen LogP contribution in [0.2, 0.25) is 0 Å². The number of aryl methyl sites for hydroxylation is 1. The van der Waals surface area contributed by atoms with Gasteiger partial charge in [0.15, 0.2) is 0 Å². The Kier molecular flexibility index (Phi) is 5.46. The Balaban J connectivity index is 2.03. The number of Topliss-reactive ketones (excluding diaryl/α,β-unsaturated/α-hetero) is 1. The molecule has 142 valence electrons. The van der Waals surface area contributed by atoms with Gasteiger partial charge in [0, 0.05) is 12.1 Å². The summed E-state index contributed by atoms with van der Waals surface area (Å²) in [5.41, 5.74) is 1.62. The van der Waals surface area contributed by atoms with Gasteiger partial charge in [-0.15, -0.1) is 0 Å². The molecule has 0 radical (unpaired) electrons. The van der Waals surface area contributed by atoms with E-state index in [4.69, 9.17) is 4.42 Å². The number of hydrogen-bond acceptors (Lipinski definition) is 5. The number of rotatable bonds is 6. The van der Waals surface area contributed by atoms with Crippen LogP contribution in [0, 0.1) is 6.92 Å². The van der Waals surface area contributed by atoms with Gasteiger partial charge in [-0.3, -0.25) is 9.59 Å². The number of carbonyl (C=O) groups excluding carboxylic acids is 2. The quantitative estimate of drug-likeness (QED) is 0.482. The van der Waals surface area contributed by atoms with E-state index in [0.717, 1.165) is 12.1 Å². The number of likely N-dealkylation sites (tertiary alicyclic amines) is 1. The van der Waals surface area contributed by atoms with E-state index in [1.54, 1.807) is 24.3 Å². The summed E-state index contributed by atoms with van der Waals surface area (Å²) < 4.78 is 5.51. The molecule has 1 fully saturated rings. The van der Waals surface area contributed by atoms with Crippen molar-refractivity contribution in [2.24, 2.45) is 0 Å². The first kappa shape index (κ1) is 18.9. The van der Waals surface area contributed by atoms with E-state index in [1.807, 2.05) is 38.1 Å². The molecule has 1 unspecified atom stereocenters. The maximum absolute atomic E-state index is 12.7. The van der Waals surface area contributed by atoms with Crippen molar-refractivity contribution in [1.82, 2.24) is 9.80 Å². The normalized spacial score (nSPS) is 19.3. The van der Waals surface area contributed by atoms with Crippen LogP contribution in [0.1, 0.15) is 29.3 Å². The summed E-state index contributed by atoms with van der Waals surface area (Å²) >= 11 is 0. The molecule has 1 aromatic carbocycles. The van der Waals surface area contributed by atoms with Crippen LogP contribution in [0.5, 0.6) is 0 Å². The molecule has 1 aliphatic rings. The Morgan fingerprint density at radius 2 is 1.89 bits per heavy atom. The molecule has 1 amide bonds. The minimum Gasteiger partial charge on any atom is -0.507 e. The summed E-state index contributed by atoms with van der Waals surface area (Å²) in [4.78, 5) is 28.9. The van der Waals surface area contributed by atoms with Gasteiger partial charge in [-0.2, -0.15) is 0 Å². The minimum absolute atomic E-state index is 0.0728. The predicted molar refractivity (Wildman–Crippen MR) is 102 cm³/mol. The number of amides is 1. The lowest BCUT2D eigenvalue weighted by Gasteiger charge is -2.24. The summed E-state index contributed by atoms with van der Waals surface area (Å²) in [6.07, 6.45) is 2.21. The van der Waals surface area contributed by atoms with Crippen molar-refractivity contribution in [2.75, 3.05) is 27.2 Å². The number of nitrogens with zero attached hydrogens (tertiary/aromatic N) is 2. The van der Waals surface area contributed by atoms with E-state index in [0.29, 0.717) is 24.3 Å². The number of aliphatic hydroxyl groups excluding tert-OH is 1. The van der Waals surface area contributed by atoms with Crippen molar-refractivity contribution < 1.29 is 19.1 Å². The summed E-state index contributed by atoms with van der Waals surface area (Å²) in [7, 11) is 3.91. The smallest absolute Gasteiger partial charge is 0.295 e. The lowest BCUT2D eigenvalue weighted by Crippen LogP contribution is -2.32. The Morgan fingerprint density at radius 3 is 2.48 bits per heavy atom. The number of carbonyl (C=O) groups is 2. The van der Waals surface area contributed by atoms with Gasteiger partial charge in [0.25, 0.3) is 11.7 Å².